The summed E-state index contributed by atoms with van der Waals surface area (Å²) < 4.78 is 5.83. The van der Waals surface area contributed by atoms with Crippen LogP contribution in [0.3, 0.4) is 0 Å². The zero-order chi connectivity index (χ0) is 19.1. The maximum Gasteiger partial charge on any atom is 0.260 e. The number of furan rings is 1. The van der Waals surface area contributed by atoms with Crippen molar-refractivity contribution in [2.24, 2.45) is 0 Å². The molecular weight excluding hydrogens is 364 g/mol. The SMILES string of the molecule is Cc1nc(N2CCCC2)c2c(C(=O)Nc3ccc(Cl)cc3C)c(C)oc2n1. The van der Waals surface area contributed by atoms with Gasteiger partial charge in [-0.05, 0) is 57.4 Å². The summed E-state index contributed by atoms with van der Waals surface area (Å²) in [5.41, 5.74) is 2.56. The van der Waals surface area contributed by atoms with Crippen LogP contribution in [-0.2, 0) is 0 Å². The van der Waals surface area contributed by atoms with Gasteiger partial charge in [0.15, 0.2) is 0 Å². The summed E-state index contributed by atoms with van der Waals surface area (Å²) >= 11 is 6.01. The molecule has 6 nitrogen and oxygen atoms in total. The van der Waals surface area contributed by atoms with Gasteiger partial charge in [0, 0.05) is 23.8 Å². The second kappa shape index (κ2) is 6.85. The second-order valence-corrected chi connectivity index (χ2v) is 7.35. The third-order valence-corrected chi connectivity index (χ3v) is 5.12. The molecule has 4 rings (SSSR count). The molecular formula is C20H21ClN4O2. The highest BCUT2D eigenvalue weighted by atomic mass is 35.5. The molecule has 2 aromatic heterocycles. The van der Waals surface area contributed by atoms with Crippen LogP contribution in [0, 0.1) is 20.8 Å². The normalized spacial score (nSPS) is 14.1. The van der Waals surface area contributed by atoms with E-state index in [-0.39, 0.29) is 5.91 Å². The van der Waals surface area contributed by atoms with Gasteiger partial charge in [-0.15, -0.1) is 0 Å². The fourth-order valence-electron chi connectivity index (χ4n) is 3.58. The summed E-state index contributed by atoms with van der Waals surface area (Å²) in [5.74, 6) is 1.72. The molecule has 27 heavy (non-hydrogen) atoms. The van der Waals surface area contributed by atoms with Crippen LogP contribution in [0.1, 0.15) is 40.3 Å². The molecule has 3 heterocycles. The van der Waals surface area contributed by atoms with Crippen molar-refractivity contribution < 1.29 is 9.21 Å². The Morgan fingerprint density at radius 2 is 1.93 bits per heavy atom. The van der Waals surface area contributed by atoms with Crippen molar-refractivity contribution >= 4 is 40.1 Å². The maximum atomic E-state index is 13.1. The van der Waals surface area contributed by atoms with Crippen LogP contribution < -0.4 is 10.2 Å². The fourth-order valence-corrected chi connectivity index (χ4v) is 3.81. The van der Waals surface area contributed by atoms with Gasteiger partial charge in [-0.25, -0.2) is 4.98 Å². The molecule has 1 aliphatic rings. The Labute approximate surface area is 162 Å². The first-order valence-corrected chi connectivity index (χ1v) is 9.42. The zero-order valence-corrected chi connectivity index (χ0v) is 16.4. The predicted octanol–water partition coefficient (Wildman–Crippen LogP) is 4.65. The fraction of sp³-hybridized carbons (Fsp3) is 0.350. The molecule has 1 saturated heterocycles. The van der Waals surface area contributed by atoms with Crippen LogP contribution in [0.15, 0.2) is 22.6 Å². The molecule has 0 aliphatic carbocycles. The Hall–Kier alpha value is -2.60. The Morgan fingerprint density at radius 1 is 1.19 bits per heavy atom. The van der Waals surface area contributed by atoms with E-state index in [1.165, 1.54) is 0 Å². The molecule has 1 aromatic carbocycles. The molecule has 0 atom stereocenters. The number of carbonyl (C=O) groups excluding carboxylic acids is 1. The highest BCUT2D eigenvalue weighted by molar-refractivity contribution is 6.30. The van der Waals surface area contributed by atoms with Crippen LogP contribution in [0.5, 0.6) is 0 Å². The van der Waals surface area contributed by atoms with Crippen molar-refractivity contribution in [3.8, 4) is 0 Å². The number of amides is 1. The van der Waals surface area contributed by atoms with Crippen molar-refractivity contribution in [2.45, 2.75) is 33.6 Å². The number of rotatable bonds is 3. The number of hydrogen-bond donors (Lipinski definition) is 1. The lowest BCUT2D eigenvalue weighted by molar-refractivity contribution is 0.102. The van der Waals surface area contributed by atoms with E-state index in [1.54, 1.807) is 19.1 Å². The lowest BCUT2D eigenvalue weighted by Crippen LogP contribution is -2.21. The van der Waals surface area contributed by atoms with Crippen LogP contribution in [0.25, 0.3) is 11.1 Å². The monoisotopic (exact) mass is 384 g/mol. The molecule has 1 amide bonds. The van der Waals surface area contributed by atoms with Gasteiger partial charge in [-0.2, -0.15) is 4.98 Å². The molecule has 0 spiro atoms. The van der Waals surface area contributed by atoms with Crippen molar-refractivity contribution in [1.29, 1.82) is 0 Å². The number of fused-ring (bicyclic) bond motifs is 1. The number of aromatic nitrogens is 2. The predicted molar refractivity (Wildman–Crippen MR) is 107 cm³/mol. The summed E-state index contributed by atoms with van der Waals surface area (Å²) in [4.78, 5) is 24.4. The highest BCUT2D eigenvalue weighted by Crippen LogP contribution is 2.34. The van der Waals surface area contributed by atoms with E-state index in [2.05, 4.69) is 20.2 Å². The number of aryl methyl sites for hydroxylation is 3. The number of hydrogen-bond acceptors (Lipinski definition) is 5. The van der Waals surface area contributed by atoms with Crippen LogP contribution in [-0.4, -0.2) is 29.0 Å². The van der Waals surface area contributed by atoms with Gasteiger partial charge in [0.2, 0.25) is 5.71 Å². The van der Waals surface area contributed by atoms with E-state index < -0.39 is 0 Å². The lowest BCUT2D eigenvalue weighted by atomic mass is 10.1. The van der Waals surface area contributed by atoms with Crippen molar-refractivity contribution in [3.05, 3.63) is 45.9 Å². The van der Waals surface area contributed by atoms with Crippen LogP contribution in [0.4, 0.5) is 11.5 Å². The van der Waals surface area contributed by atoms with Gasteiger partial charge in [0.25, 0.3) is 5.91 Å². The molecule has 3 aromatic rings. The van der Waals surface area contributed by atoms with Gasteiger partial charge in [-0.1, -0.05) is 11.6 Å². The summed E-state index contributed by atoms with van der Waals surface area (Å²) in [7, 11) is 0. The van der Waals surface area contributed by atoms with Gasteiger partial charge < -0.3 is 14.6 Å². The molecule has 1 aliphatic heterocycles. The molecule has 0 bridgehead atoms. The third kappa shape index (κ3) is 3.25. The average Bonchev–Trinajstić information content (AvgIpc) is 3.23. The van der Waals surface area contributed by atoms with E-state index in [1.807, 2.05) is 19.9 Å². The minimum Gasteiger partial charge on any atom is -0.442 e. The van der Waals surface area contributed by atoms with E-state index in [0.717, 1.165) is 37.3 Å². The van der Waals surface area contributed by atoms with Crippen LogP contribution in [0.2, 0.25) is 5.02 Å². The Bertz CT molecular complexity index is 1040. The Kier molecular flexibility index (Phi) is 4.52. The van der Waals surface area contributed by atoms with Crippen molar-refractivity contribution in [3.63, 3.8) is 0 Å². The van der Waals surface area contributed by atoms with E-state index in [0.29, 0.717) is 39.0 Å². The highest BCUT2D eigenvalue weighted by Gasteiger charge is 2.27. The quantitative estimate of drug-likeness (QED) is 0.711. The molecule has 0 saturated carbocycles. The number of carbonyl (C=O) groups is 1. The van der Waals surface area contributed by atoms with Crippen LogP contribution >= 0.6 is 11.6 Å². The molecule has 1 N–H and O–H groups in total. The topological polar surface area (TPSA) is 71.3 Å². The van der Waals surface area contributed by atoms with Crippen molar-refractivity contribution in [1.82, 2.24) is 9.97 Å². The third-order valence-electron chi connectivity index (χ3n) is 4.89. The average molecular weight is 385 g/mol. The minimum absolute atomic E-state index is 0.232. The smallest absolute Gasteiger partial charge is 0.260 e. The first-order valence-electron chi connectivity index (χ1n) is 9.04. The number of halogens is 1. The molecule has 140 valence electrons. The molecule has 0 unspecified atom stereocenters. The largest absolute Gasteiger partial charge is 0.442 e. The number of anilines is 2. The molecule has 7 heteroatoms. The van der Waals surface area contributed by atoms with E-state index in [4.69, 9.17) is 16.0 Å². The lowest BCUT2D eigenvalue weighted by Gasteiger charge is -2.18. The summed E-state index contributed by atoms with van der Waals surface area (Å²) in [6, 6.07) is 5.38. The molecule has 1 fully saturated rings. The summed E-state index contributed by atoms with van der Waals surface area (Å²) in [6.07, 6.45) is 2.24. The van der Waals surface area contributed by atoms with Gasteiger partial charge in [0.1, 0.15) is 17.4 Å². The first-order chi connectivity index (χ1) is 12.9. The molecule has 0 radical (unpaired) electrons. The summed E-state index contributed by atoms with van der Waals surface area (Å²) in [6.45, 7) is 7.38. The Morgan fingerprint density at radius 3 is 2.63 bits per heavy atom. The van der Waals surface area contributed by atoms with Gasteiger partial charge >= 0.3 is 0 Å². The van der Waals surface area contributed by atoms with E-state index >= 15 is 0 Å². The Balaban J connectivity index is 1.80. The van der Waals surface area contributed by atoms with Crippen molar-refractivity contribution in [2.75, 3.05) is 23.3 Å². The number of nitrogens with zero attached hydrogens (tertiary/aromatic N) is 3. The van der Waals surface area contributed by atoms with Gasteiger partial charge in [-0.3, -0.25) is 4.79 Å². The number of benzene rings is 1. The van der Waals surface area contributed by atoms with Gasteiger partial charge in [0.05, 0.1) is 10.9 Å². The minimum atomic E-state index is -0.232. The summed E-state index contributed by atoms with van der Waals surface area (Å²) in [5, 5.41) is 4.29. The van der Waals surface area contributed by atoms with E-state index in [9.17, 15) is 4.79 Å². The first kappa shape index (κ1) is 17.8. The number of nitrogens with one attached hydrogen (secondary N) is 1. The zero-order valence-electron chi connectivity index (χ0n) is 15.6. The standard InChI is InChI=1S/C20H21ClN4O2/c1-11-10-14(21)6-7-15(11)24-19(26)16-12(2)27-20-17(16)18(22-13(3)23-20)25-8-4-5-9-25/h6-7,10H,4-5,8-9H2,1-3H3,(H,24,26). The second-order valence-electron chi connectivity index (χ2n) is 6.92. The maximum absolute atomic E-state index is 13.1.